The molecule has 0 spiro atoms. The summed E-state index contributed by atoms with van der Waals surface area (Å²) >= 11 is 0. The highest BCUT2D eigenvalue weighted by molar-refractivity contribution is 5.78. The molecular weight excluding hydrogens is 328 g/mol. The molecule has 2 aromatic carbocycles. The maximum Gasteiger partial charge on any atom is 0.224 e. The third-order valence-electron chi connectivity index (χ3n) is 4.60. The first-order chi connectivity index (χ1) is 12.7. The second-order valence-corrected chi connectivity index (χ2v) is 6.45. The number of carbonyl (C=O) groups excluding carboxylic acids is 1. The third kappa shape index (κ3) is 5.31. The average Bonchev–Trinajstić information content (AvgIpc) is 2.69. The smallest absolute Gasteiger partial charge is 0.224 e. The Hall–Kier alpha value is -2.37. The molecule has 138 valence electrons. The molecule has 5 heteroatoms. The predicted octanol–water partition coefficient (Wildman–Crippen LogP) is 2.43. The molecule has 0 aliphatic carbocycles. The molecule has 0 bridgehead atoms. The first-order valence-corrected chi connectivity index (χ1v) is 9.03. The molecule has 1 amide bonds. The van der Waals surface area contributed by atoms with Gasteiger partial charge >= 0.3 is 0 Å². The number of nitrogens with one attached hydrogen (secondary N) is 1. The van der Waals surface area contributed by atoms with Crippen LogP contribution in [0.2, 0.25) is 0 Å². The Kier molecular flexibility index (Phi) is 6.63. The summed E-state index contributed by atoms with van der Waals surface area (Å²) < 4.78 is 11.0. The van der Waals surface area contributed by atoms with E-state index in [-0.39, 0.29) is 12.0 Å². The molecule has 0 unspecified atom stereocenters. The summed E-state index contributed by atoms with van der Waals surface area (Å²) in [5, 5.41) is 3.01. The molecule has 1 fully saturated rings. The van der Waals surface area contributed by atoms with Gasteiger partial charge in [-0.3, -0.25) is 9.69 Å². The molecule has 1 aliphatic heterocycles. The number of nitrogens with zero attached hydrogens (tertiary/aromatic N) is 1. The third-order valence-corrected chi connectivity index (χ3v) is 4.60. The lowest BCUT2D eigenvalue weighted by Gasteiger charge is -2.33. The van der Waals surface area contributed by atoms with Gasteiger partial charge in [-0.05, 0) is 23.3 Å². The molecule has 1 saturated heterocycles. The lowest BCUT2D eigenvalue weighted by Crippen LogP contribution is -2.42. The zero-order valence-electron chi connectivity index (χ0n) is 15.2. The Morgan fingerprint density at radius 3 is 2.69 bits per heavy atom. The molecule has 5 nitrogen and oxygen atoms in total. The van der Waals surface area contributed by atoms with Gasteiger partial charge in [-0.15, -0.1) is 0 Å². The molecular formula is C21H26N2O3. The fourth-order valence-electron chi connectivity index (χ4n) is 3.12. The molecule has 26 heavy (non-hydrogen) atoms. The highest BCUT2D eigenvalue weighted by Gasteiger charge is 2.21. The molecule has 2 aromatic rings. The number of morpholine rings is 1. The molecule has 3 rings (SSSR count). The van der Waals surface area contributed by atoms with Crippen molar-refractivity contribution in [2.75, 3.05) is 39.9 Å². The van der Waals surface area contributed by atoms with Crippen LogP contribution in [0.25, 0.3) is 0 Å². The number of benzene rings is 2. The second-order valence-electron chi connectivity index (χ2n) is 6.45. The van der Waals surface area contributed by atoms with Gasteiger partial charge in [0.15, 0.2) is 0 Å². The van der Waals surface area contributed by atoms with Crippen LogP contribution in [-0.2, 0) is 16.0 Å². The summed E-state index contributed by atoms with van der Waals surface area (Å²) in [6, 6.07) is 17.9. The Balaban J connectivity index is 1.40. The largest absolute Gasteiger partial charge is 0.497 e. The molecule has 0 radical (unpaired) electrons. The fraction of sp³-hybridized carbons (Fsp3) is 0.381. The van der Waals surface area contributed by atoms with Crippen LogP contribution in [0.3, 0.4) is 0 Å². The van der Waals surface area contributed by atoms with E-state index in [1.165, 1.54) is 5.56 Å². The highest BCUT2D eigenvalue weighted by atomic mass is 16.5. The zero-order valence-corrected chi connectivity index (χ0v) is 15.2. The summed E-state index contributed by atoms with van der Waals surface area (Å²) in [5.74, 6) is 0.845. The van der Waals surface area contributed by atoms with Crippen molar-refractivity contribution in [3.05, 3.63) is 65.7 Å². The van der Waals surface area contributed by atoms with Gasteiger partial charge in [0, 0.05) is 26.2 Å². The number of hydrogen-bond donors (Lipinski definition) is 1. The van der Waals surface area contributed by atoms with Crippen LogP contribution in [0.15, 0.2) is 54.6 Å². The van der Waals surface area contributed by atoms with E-state index in [1.807, 2.05) is 42.5 Å². The minimum atomic E-state index is 0.0445. The molecule has 0 aromatic heterocycles. The van der Waals surface area contributed by atoms with Crippen molar-refractivity contribution in [3.8, 4) is 5.75 Å². The van der Waals surface area contributed by atoms with Gasteiger partial charge in [-0.1, -0.05) is 42.5 Å². The van der Waals surface area contributed by atoms with Crippen LogP contribution in [0.4, 0.5) is 0 Å². The molecule has 1 atom stereocenters. The molecule has 1 N–H and O–H groups in total. The minimum absolute atomic E-state index is 0.0445. The average molecular weight is 354 g/mol. The van der Waals surface area contributed by atoms with E-state index in [0.29, 0.717) is 13.0 Å². The van der Waals surface area contributed by atoms with Crippen molar-refractivity contribution in [2.24, 2.45) is 0 Å². The van der Waals surface area contributed by atoms with Gasteiger partial charge in [0.05, 0.1) is 26.2 Å². The van der Waals surface area contributed by atoms with Gasteiger partial charge in [0.2, 0.25) is 5.91 Å². The van der Waals surface area contributed by atoms with E-state index in [2.05, 4.69) is 22.3 Å². The van der Waals surface area contributed by atoms with Gasteiger partial charge in [-0.2, -0.15) is 0 Å². The topological polar surface area (TPSA) is 50.8 Å². The van der Waals surface area contributed by atoms with E-state index in [0.717, 1.165) is 37.6 Å². The van der Waals surface area contributed by atoms with Crippen molar-refractivity contribution in [3.63, 3.8) is 0 Å². The number of rotatable bonds is 7. The summed E-state index contributed by atoms with van der Waals surface area (Å²) in [7, 11) is 1.63. The number of ether oxygens (including phenoxy) is 2. The highest BCUT2D eigenvalue weighted by Crippen LogP contribution is 2.21. The number of amides is 1. The Labute approximate surface area is 154 Å². The van der Waals surface area contributed by atoms with Crippen LogP contribution >= 0.6 is 0 Å². The monoisotopic (exact) mass is 354 g/mol. The Morgan fingerprint density at radius 1 is 1.19 bits per heavy atom. The quantitative estimate of drug-likeness (QED) is 0.830. The van der Waals surface area contributed by atoms with Crippen molar-refractivity contribution >= 4 is 5.91 Å². The standard InChI is InChI=1S/C21H26N2O3/c1-25-19-9-7-17(8-10-19)15-21(24)22-11-12-23-13-14-26-20(16-23)18-5-3-2-4-6-18/h2-10,20H,11-16H2,1H3,(H,22,24)/t20-/m1/s1. The SMILES string of the molecule is COc1ccc(CC(=O)NCCN2CCO[C@@H](c3ccccc3)C2)cc1. The van der Waals surface area contributed by atoms with Crippen LogP contribution in [-0.4, -0.2) is 50.7 Å². The van der Waals surface area contributed by atoms with E-state index in [4.69, 9.17) is 9.47 Å². The number of hydrogen-bond acceptors (Lipinski definition) is 4. The van der Waals surface area contributed by atoms with Crippen molar-refractivity contribution in [2.45, 2.75) is 12.5 Å². The predicted molar refractivity (Wildman–Crippen MR) is 101 cm³/mol. The van der Waals surface area contributed by atoms with Crippen molar-refractivity contribution in [1.82, 2.24) is 10.2 Å². The van der Waals surface area contributed by atoms with Crippen molar-refractivity contribution in [1.29, 1.82) is 0 Å². The fourth-order valence-corrected chi connectivity index (χ4v) is 3.12. The van der Waals surface area contributed by atoms with Gasteiger partial charge in [-0.25, -0.2) is 0 Å². The van der Waals surface area contributed by atoms with Crippen LogP contribution in [0.1, 0.15) is 17.2 Å². The second kappa shape index (κ2) is 9.36. The lowest BCUT2D eigenvalue weighted by atomic mass is 10.1. The molecule has 1 aliphatic rings. The van der Waals surface area contributed by atoms with Gasteiger partial charge in [0.1, 0.15) is 5.75 Å². The van der Waals surface area contributed by atoms with E-state index >= 15 is 0 Å². The van der Waals surface area contributed by atoms with Gasteiger partial charge in [0.25, 0.3) is 0 Å². The maximum absolute atomic E-state index is 12.1. The number of carbonyl (C=O) groups is 1. The zero-order chi connectivity index (χ0) is 18.2. The molecule has 1 heterocycles. The van der Waals surface area contributed by atoms with E-state index in [9.17, 15) is 4.79 Å². The first kappa shape index (κ1) is 18.4. The minimum Gasteiger partial charge on any atom is -0.497 e. The van der Waals surface area contributed by atoms with Crippen LogP contribution < -0.4 is 10.1 Å². The van der Waals surface area contributed by atoms with Crippen LogP contribution in [0.5, 0.6) is 5.75 Å². The Bertz CT molecular complexity index is 688. The number of methoxy groups -OCH3 is 1. The summed E-state index contributed by atoms with van der Waals surface area (Å²) in [6.45, 7) is 3.97. The van der Waals surface area contributed by atoms with E-state index in [1.54, 1.807) is 7.11 Å². The van der Waals surface area contributed by atoms with Crippen molar-refractivity contribution < 1.29 is 14.3 Å². The summed E-state index contributed by atoms with van der Waals surface area (Å²) in [4.78, 5) is 14.5. The summed E-state index contributed by atoms with van der Waals surface area (Å²) in [5.41, 5.74) is 2.19. The lowest BCUT2D eigenvalue weighted by molar-refractivity contribution is -0.120. The van der Waals surface area contributed by atoms with Gasteiger partial charge < -0.3 is 14.8 Å². The summed E-state index contributed by atoms with van der Waals surface area (Å²) in [6.07, 6.45) is 0.500. The Morgan fingerprint density at radius 2 is 1.96 bits per heavy atom. The maximum atomic E-state index is 12.1. The van der Waals surface area contributed by atoms with Crippen LogP contribution in [0, 0.1) is 0 Å². The molecule has 0 saturated carbocycles. The normalized spacial score (nSPS) is 17.7. The first-order valence-electron chi connectivity index (χ1n) is 9.03. The van der Waals surface area contributed by atoms with E-state index < -0.39 is 0 Å².